The van der Waals surface area contributed by atoms with E-state index in [9.17, 15) is 14.0 Å². The van der Waals surface area contributed by atoms with Gasteiger partial charge in [-0.05, 0) is 42.7 Å². The van der Waals surface area contributed by atoms with E-state index in [0.717, 1.165) is 5.56 Å². The second kappa shape index (κ2) is 8.57. The molecule has 3 rings (SSSR count). The Morgan fingerprint density at radius 1 is 1.26 bits per heavy atom. The first-order valence-electron chi connectivity index (χ1n) is 8.95. The van der Waals surface area contributed by atoms with Crippen LogP contribution in [0.15, 0.2) is 48.5 Å². The third kappa shape index (κ3) is 4.50. The average molecular weight is 386 g/mol. The summed E-state index contributed by atoms with van der Waals surface area (Å²) in [5, 5.41) is 0.0305. The molecular weight excluding hydrogens is 363 g/mol. The normalized spacial score (nSPS) is 16.6. The molecule has 2 aromatic carbocycles. The zero-order valence-electron chi connectivity index (χ0n) is 15.5. The first-order valence-corrected chi connectivity index (χ1v) is 10.00. The van der Waals surface area contributed by atoms with Crippen molar-refractivity contribution in [2.75, 3.05) is 25.9 Å². The van der Waals surface area contributed by atoms with Gasteiger partial charge in [-0.25, -0.2) is 4.39 Å². The van der Waals surface area contributed by atoms with Crippen LogP contribution in [0, 0.1) is 12.7 Å². The fraction of sp³-hybridized carbons (Fsp3) is 0.333. The van der Waals surface area contributed by atoms with Gasteiger partial charge in [0.2, 0.25) is 5.91 Å². The van der Waals surface area contributed by atoms with Gasteiger partial charge in [0.05, 0.1) is 5.75 Å². The van der Waals surface area contributed by atoms with Crippen LogP contribution >= 0.6 is 11.8 Å². The number of aryl methyl sites for hydroxylation is 1. The molecule has 1 aliphatic heterocycles. The Bertz CT molecular complexity index is 842. The zero-order chi connectivity index (χ0) is 19.4. The Labute approximate surface area is 163 Å². The van der Waals surface area contributed by atoms with Crippen LogP contribution in [-0.2, 0) is 4.79 Å². The smallest absolute Gasteiger partial charge is 0.253 e. The third-order valence-electron chi connectivity index (χ3n) is 4.73. The Morgan fingerprint density at radius 2 is 2.04 bits per heavy atom. The minimum absolute atomic E-state index is 0.0305. The summed E-state index contributed by atoms with van der Waals surface area (Å²) in [5.74, 6) is -0.0219. The van der Waals surface area contributed by atoms with Crippen molar-refractivity contribution in [3.05, 3.63) is 71.0 Å². The van der Waals surface area contributed by atoms with Crippen LogP contribution in [0.1, 0.15) is 33.3 Å². The molecule has 0 bridgehead atoms. The Hall–Kier alpha value is -2.34. The van der Waals surface area contributed by atoms with Crippen LogP contribution in [0.25, 0.3) is 0 Å². The average Bonchev–Trinajstić information content (AvgIpc) is 3.02. The van der Waals surface area contributed by atoms with Gasteiger partial charge >= 0.3 is 0 Å². The Balaban J connectivity index is 1.59. The van der Waals surface area contributed by atoms with E-state index in [4.69, 9.17) is 0 Å². The lowest BCUT2D eigenvalue weighted by molar-refractivity contribution is -0.128. The standard InChI is InChI=1S/C21H23FN2O2S/c1-15-7-3-4-10-18(15)21-24(19(25)14-27-21)12-6-11-23(2)20(26)16-8-5-9-17(22)13-16/h3-5,7-10,13,21H,6,11-12,14H2,1-2H3. The zero-order valence-corrected chi connectivity index (χ0v) is 16.3. The van der Waals surface area contributed by atoms with Gasteiger partial charge < -0.3 is 9.80 Å². The third-order valence-corrected chi connectivity index (χ3v) is 5.97. The molecule has 4 nitrogen and oxygen atoms in total. The molecule has 27 heavy (non-hydrogen) atoms. The van der Waals surface area contributed by atoms with Crippen molar-refractivity contribution in [3.8, 4) is 0 Å². The van der Waals surface area contributed by atoms with Crippen molar-refractivity contribution < 1.29 is 14.0 Å². The quantitative estimate of drug-likeness (QED) is 0.757. The SMILES string of the molecule is Cc1ccccc1C1SCC(=O)N1CCCN(C)C(=O)c1cccc(F)c1. The molecule has 0 aliphatic carbocycles. The highest BCUT2D eigenvalue weighted by molar-refractivity contribution is 8.00. The largest absolute Gasteiger partial charge is 0.342 e. The number of halogens is 1. The summed E-state index contributed by atoms with van der Waals surface area (Å²) in [5.41, 5.74) is 2.67. The van der Waals surface area contributed by atoms with Crippen molar-refractivity contribution in [1.29, 1.82) is 0 Å². The van der Waals surface area contributed by atoms with Gasteiger partial charge in [-0.1, -0.05) is 30.3 Å². The first kappa shape index (κ1) is 19.4. The van der Waals surface area contributed by atoms with E-state index in [-0.39, 0.29) is 17.2 Å². The molecule has 0 N–H and O–H groups in total. The molecule has 1 atom stereocenters. The van der Waals surface area contributed by atoms with Crippen molar-refractivity contribution in [2.24, 2.45) is 0 Å². The number of carbonyl (C=O) groups excluding carboxylic acids is 2. The lowest BCUT2D eigenvalue weighted by Gasteiger charge is -2.26. The summed E-state index contributed by atoms with van der Waals surface area (Å²) in [4.78, 5) is 28.2. The van der Waals surface area contributed by atoms with E-state index in [1.165, 1.54) is 23.8 Å². The van der Waals surface area contributed by atoms with E-state index >= 15 is 0 Å². The van der Waals surface area contributed by atoms with Crippen molar-refractivity contribution in [2.45, 2.75) is 18.7 Å². The highest BCUT2D eigenvalue weighted by Crippen LogP contribution is 2.39. The maximum atomic E-state index is 13.3. The minimum atomic E-state index is -0.421. The summed E-state index contributed by atoms with van der Waals surface area (Å²) in [6, 6.07) is 13.8. The van der Waals surface area contributed by atoms with Crippen LogP contribution in [0.2, 0.25) is 0 Å². The van der Waals surface area contributed by atoms with Gasteiger partial charge in [0, 0.05) is 25.7 Å². The topological polar surface area (TPSA) is 40.6 Å². The van der Waals surface area contributed by atoms with Crippen LogP contribution in [0.5, 0.6) is 0 Å². The fourth-order valence-electron chi connectivity index (χ4n) is 3.24. The van der Waals surface area contributed by atoms with E-state index in [1.807, 2.05) is 17.0 Å². The molecule has 0 radical (unpaired) electrons. The Kier molecular flexibility index (Phi) is 6.16. The lowest BCUT2D eigenvalue weighted by Crippen LogP contribution is -2.33. The molecule has 2 amide bonds. The number of carbonyl (C=O) groups is 2. The van der Waals surface area contributed by atoms with Crippen LogP contribution in [0.4, 0.5) is 4.39 Å². The predicted octanol–water partition coefficient (Wildman–Crippen LogP) is 3.87. The molecule has 2 aromatic rings. The molecular formula is C21H23FN2O2S. The van der Waals surface area contributed by atoms with E-state index in [2.05, 4.69) is 19.1 Å². The highest BCUT2D eigenvalue weighted by Gasteiger charge is 2.33. The van der Waals surface area contributed by atoms with E-state index in [0.29, 0.717) is 30.8 Å². The number of hydrogen-bond acceptors (Lipinski definition) is 3. The van der Waals surface area contributed by atoms with Crippen LogP contribution < -0.4 is 0 Å². The maximum Gasteiger partial charge on any atom is 0.253 e. The molecule has 1 unspecified atom stereocenters. The maximum absolute atomic E-state index is 13.3. The number of rotatable bonds is 6. The second-order valence-corrected chi connectivity index (χ2v) is 7.77. The minimum Gasteiger partial charge on any atom is -0.342 e. The molecule has 0 spiro atoms. The molecule has 1 saturated heterocycles. The number of thioether (sulfide) groups is 1. The van der Waals surface area contributed by atoms with Gasteiger partial charge in [0.1, 0.15) is 11.2 Å². The summed E-state index contributed by atoms with van der Waals surface area (Å²) >= 11 is 1.64. The second-order valence-electron chi connectivity index (χ2n) is 6.70. The van der Waals surface area contributed by atoms with Crippen molar-refractivity contribution in [1.82, 2.24) is 9.80 Å². The summed E-state index contributed by atoms with van der Waals surface area (Å²) < 4.78 is 13.3. The molecule has 142 valence electrons. The van der Waals surface area contributed by atoms with Crippen LogP contribution in [-0.4, -0.2) is 47.5 Å². The van der Waals surface area contributed by atoms with Crippen LogP contribution in [0.3, 0.4) is 0 Å². The highest BCUT2D eigenvalue weighted by atomic mass is 32.2. The number of nitrogens with zero attached hydrogens (tertiary/aromatic N) is 2. The monoisotopic (exact) mass is 386 g/mol. The van der Waals surface area contributed by atoms with Crippen molar-refractivity contribution in [3.63, 3.8) is 0 Å². The summed E-state index contributed by atoms with van der Waals surface area (Å²) in [7, 11) is 1.70. The summed E-state index contributed by atoms with van der Waals surface area (Å²) in [6.07, 6.45) is 0.673. The molecule has 1 heterocycles. The van der Waals surface area contributed by atoms with Crippen molar-refractivity contribution >= 4 is 23.6 Å². The lowest BCUT2D eigenvalue weighted by atomic mass is 10.1. The molecule has 1 aliphatic rings. The van der Waals surface area contributed by atoms with Gasteiger partial charge in [0.15, 0.2) is 0 Å². The molecule has 6 heteroatoms. The Morgan fingerprint density at radius 3 is 2.78 bits per heavy atom. The van der Waals surface area contributed by atoms with Gasteiger partial charge in [-0.2, -0.15) is 0 Å². The summed E-state index contributed by atoms with van der Waals surface area (Å²) in [6.45, 7) is 3.15. The molecule has 0 aromatic heterocycles. The van der Waals surface area contributed by atoms with Gasteiger partial charge in [-0.3, -0.25) is 9.59 Å². The van der Waals surface area contributed by atoms with E-state index < -0.39 is 5.82 Å². The van der Waals surface area contributed by atoms with Gasteiger partial charge in [-0.15, -0.1) is 11.8 Å². The first-order chi connectivity index (χ1) is 13.0. The number of amides is 2. The predicted molar refractivity (Wildman–Crippen MR) is 106 cm³/mol. The van der Waals surface area contributed by atoms with Gasteiger partial charge in [0.25, 0.3) is 5.91 Å². The fourth-order valence-corrected chi connectivity index (χ4v) is 4.55. The number of benzene rings is 2. The number of hydrogen-bond donors (Lipinski definition) is 0. The molecule has 1 fully saturated rings. The molecule has 0 saturated carbocycles. The van der Waals surface area contributed by atoms with E-state index in [1.54, 1.807) is 29.8 Å².